The molecular formula is C12H24N2O2. The van der Waals surface area contributed by atoms with Crippen LogP contribution in [0.3, 0.4) is 0 Å². The minimum atomic E-state index is -0.462. The SMILES string of the molecule is CC1CC(OC(C)C(=O)NN)CC(C)(C)C1. The zero-order valence-corrected chi connectivity index (χ0v) is 10.7. The normalized spacial score (nSPS) is 30.8. The van der Waals surface area contributed by atoms with Gasteiger partial charge in [-0.3, -0.25) is 10.2 Å². The zero-order chi connectivity index (χ0) is 12.3. The first-order valence-corrected chi connectivity index (χ1v) is 6.00. The summed E-state index contributed by atoms with van der Waals surface area (Å²) in [5.41, 5.74) is 2.43. The molecule has 16 heavy (non-hydrogen) atoms. The molecule has 0 aromatic carbocycles. The number of carbonyl (C=O) groups excluding carboxylic acids is 1. The van der Waals surface area contributed by atoms with E-state index in [1.54, 1.807) is 6.92 Å². The van der Waals surface area contributed by atoms with E-state index >= 15 is 0 Å². The van der Waals surface area contributed by atoms with E-state index in [4.69, 9.17) is 10.6 Å². The van der Waals surface area contributed by atoms with Crippen molar-refractivity contribution in [3.05, 3.63) is 0 Å². The predicted octanol–water partition coefficient (Wildman–Crippen LogP) is 1.60. The number of rotatable bonds is 3. The van der Waals surface area contributed by atoms with E-state index in [-0.39, 0.29) is 12.0 Å². The number of nitrogens with two attached hydrogens (primary N) is 1. The lowest BCUT2D eigenvalue weighted by Gasteiger charge is -2.39. The molecule has 0 bridgehead atoms. The molecule has 1 aliphatic rings. The van der Waals surface area contributed by atoms with Gasteiger partial charge in [-0.1, -0.05) is 20.8 Å². The Morgan fingerprint density at radius 1 is 1.50 bits per heavy atom. The lowest BCUT2D eigenvalue weighted by molar-refractivity contribution is -0.139. The average molecular weight is 228 g/mol. The van der Waals surface area contributed by atoms with Gasteiger partial charge in [0, 0.05) is 0 Å². The average Bonchev–Trinajstić information content (AvgIpc) is 2.12. The second-order valence-corrected chi connectivity index (χ2v) is 5.82. The fraction of sp³-hybridized carbons (Fsp3) is 0.917. The molecular weight excluding hydrogens is 204 g/mol. The highest BCUT2D eigenvalue weighted by Gasteiger charge is 2.33. The second kappa shape index (κ2) is 5.15. The Hall–Kier alpha value is -0.610. The lowest BCUT2D eigenvalue weighted by Crippen LogP contribution is -2.42. The molecule has 1 fully saturated rings. The van der Waals surface area contributed by atoms with Crippen molar-refractivity contribution in [1.82, 2.24) is 5.43 Å². The Labute approximate surface area is 97.9 Å². The second-order valence-electron chi connectivity index (χ2n) is 5.82. The number of ether oxygens (including phenoxy) is 1. The molecule has 3 unspecified atom stereocenters. The maximum atomic E-state index is 11.3. The van der Waals surface area contributed by atoms with Crippen LogP contribution in [-0.4, -0.2) is 18.1 Å². The van der Waals surface area contributed by atoms with Crippen LogP contribution in [0.15, 0.2) is 0 Å². The zero-order valence-electron chi connectivity index (χ0n) is 10.7. The van der Waals surface area contributed by atoms with Crippen LogP contribution in [0.25, 0.3) is 0 Å². The smallest absolute Gasteiger partial charge is 0.262 e. The van der Waals surface area contributed by atoms with Gasteiger partial charge in [0.05, 0.1) is 6.10 Å². The van der Waals surface area contributed by atoms with E-state index < -0.39 is 6.10 Å². The van der Waals surface area contributed by atoms with E-state index in [0.29, 0.717) is 11.3 Å². The van der Waals surface area contributed by atoms with E-state index in [9.17, 15) is 4.79 Å². The van der Waals surface area contributed by atoms with Gasteiger partial charge in [-0.05, 0) is 37.5 Å². The molecule has 3 N–H and O–H groups in total. The number of carbonyl (C=O) groups is 1. The molecule has 0 radical (unpaired) electrons. The first kappa shape index (κ1) is 13.5. The summed E-state index contributed by atoms with van der Waals surface area (Å²) in [6.07, 6.45) is 2.98. The minimum Gasteiger partial charge on any atom is -0.365 e. The molecule has 0 saturated heterocycles. The molecule has 0 aliphatic heterocycles. The van der Waals surface area contributed by atoms with Gasteiger partial charge in [-0.2, -0.15) is 0 Å². The Morgan fingerprint density at radius 2 is 2.12 bits per heavy atom. The molecule has 1 amide bonds. The summed E-state index contributed by atoms with van der Waals surface area (Å²) in [6, 6.07) is 0. The Morgan fingerprint density at radius 3 is 2.62 bits per heavy atom. The monoisotopic (exact) mass is 228 g/mol. The largest absolute Gasteiger partial charge is 0.365 e. The van der Waals surface area contributed by atoms with Crippen molar-refractivity contribution >= 4 is 5.91 Å². The summed E-state index contributed by atoms with van der Waals surface area (Å²) in [5.74, 6) is 5.48. The maximum Gasteiger partial charge on any atom is 0.262 e. The molecule has 0 heterocycles. The van der Waals surface area contributed by atoms with Gasteiger partial charge in [0.2, 0.25) is 0 Å². The van der Waals surface area contributed by atoms with E-state index in [1.807, 2.05) is 0 Å². The van der Waals surface area contributed by atoms with Crippen molar-refractivity contribution < 1.29 is 9.53 Å². The van der Waals surface area contributed by atoms with Crippen LogP contribution in [0.2, 0.25) is 0 Å². The van der Waals surface area contributed by atoms with Gasteiger partial charge in [0.15, 0.2) is 0 Å². The number of nitrogens with one attached hydrogen (secondary N) is 1. The summed E-state index contributed by atoms with van der Waals surface area (Å²) in [5, 5.41) is 0. The fourth-order valence-corrected chi connectivity index (χ4v) is 2.83. The summed E-state index contributed by atoms with van der Waals surface area (Å²) in [4.78, 5) is 11.3. The van der Waals surface area contributed by atoms with Crippen molar-refractivity contribution in [2.45, 2.75) is 59.2 Å². The Bertz CT molecular complexity index is 253. The Kier molecular flexibility index (Phi) is 4.33. The molecule has 0 aromatic heterocycles. The van der Waals surface area contributed by atoms with Gasteiger partial charge < -0.3 is 4.74 Å². The predicted molar refractivity (Wildman–Crippen MR) is 63.5 cm³/mol. The number of hydrazine groups is 1. The van der Waals surface area contributed by atoms with Crippen molar-refractivity contribution in [1.29, 1.82) is 0 Å². The third-order valence-electron chi connectivity index (χ3n) is 3.25. The van der Waals surface area contributed by atoms with Crippen LogP contribution >= 0.6 is 0 Å². The van der Waals surface area contributed by atoms with E-state index in [2.05, 4.69) is 26.2 Å². The first-order chi connectivity index (χ1) is 7.34. The third-order valence-corrected chi connectivity index (χ3v) is 3.25. The van der Waals surface area contributed by atoms with E-state index in [0.717, 1.165) is 12.8 Å². The van der Waals surface area contributed by atoms with Gasteiger partial charge in [-0.25, -0.2) is 5.84 Å². The van der Waals surface area contributed by atoms with Gasteiger partial charge in [0.25, 0.3) is 5.91 Å². The number of hydrogen-bond acceptors (Lipinski definition) is 3. The molecule has 1 saturated carbocycles. The van der Waals surface area contributed by atoms with Crippen molar-refractivity contribution in [3.8, 4) is 0 Å². The number of hydrogen-bond donors (Lipinski definition) is 2. The van der Waals surface area contributed by atoms with Crippen molar-refractivity contribution in [2.24, 2.45) is 17.2 Å². The molecule has 0 spiro atoms. The first-order valence-electron chi connectivity index (χ1n) is 6.00. The van der Waals surface area contributed by atoms with E-state index in [1.165, 1.54) is 6.42 Å². The summed E-state index contributed by atoms with van der Waals surface area (Å²) < 4.78 is 5.76. The van der Waals surface area contributed by atoms with Gasteiger partial charge in [0.1, 0.15) is 6.10 Å². The van der Waals surface area contributed by atoms with Crippen LogP contribution in [0.4, 0.5) is 0 Å². The summed E-state index contributed by atoms with van der Waals surface area (Å²) >= 11 is 0. The van der Waals surface area contributed by atoms with Gasteiger partial charge in [-0.15, -0.1) is 0 Å². The highest BCUT2D eigenvalue weighted by molar-refractivity contribution is 5.79. The molecule has 1 aliphatic carbocycles. The summed E-state index contributed by atoms with van der Waals surface area (Å²) in [6.45, 7) is 8.50. The molecule has 94 valence electrons. The quantitative estimate of drug-likeness (QED) is 0.438. The Balaban J connectivity index is 2.51. The third kappa shape index (κ3) is 3.76. The van der Waals surface area contributed by atoms with Crippen LogP contribution in [0, 0.1) is 11.3 Å². The lowest BCUT2D eigenvalue weighted by atomic mass is 9.71. The molecule has 1 rings (SSSR count). The number of amides is 1. The standard InChI is InChI=1S/C12H24N2O2/c1-8-5-10(7-12(3,4)6-8)16-9(2)11(15)14-13/h8-10H,5-7,13H2,1-4H3,(H,14,15). The van der Waals surface area contributed by atoms with Crippen LogP contribution in [0.5, 0.6) is 0 Å². The van der Waals surface area contributed by atoms with Crippen LogP contribution in [0.1, 0.15) is 47.0 Å². The van der Waals surface area contributed by atoms with Crippen molar-refractivity contribution in [3.63, 3.8) is 0 Å². The highest BCUT2D eigenvalue weighted by atomic mass is 16.5. The molecule has 4 heteroatoms. The highest BCUT2D eigenvalue weighted by Crippen LogP contribution is 2.39. The molecule has 3 atom stereocenters. The minimum absolute atomic E-state index is 0.172. The van der Waals surface area contributed by atoms with Crippen molar-refractivity contribution in [2.75, 3.05) is 0 Å². The topological polar surface area (TPSA) is 64.3 Å². The molecule has 4 nitrogen and oxygen atoms in total. The van der Waals surface area contributed by atoms with Crippen LogP contribution < -0.4 is 11.3 Å². The van der Waals surface area contributed by atoms with Crippen LogP contribution in [-0.2, 0) is 9.53 Å². The summed E-state index contributed by atoms with van der Waals surface area (Å²) in [7, 11) is 0. The maximum absolute atomic E-state index is 11.3. The fourth-order valence-electron chi connectivity index (χ4n) is 2.83. The molecule has 0 aromatic rings. The van der Waals surface area contributed by atoms with Gasteiger partial charge >= 0.3 is 0 Å².